The maximum Gasteiger partial charge on any atom is 0.303 e. The lowest BCUT2D eigenvalue weighted by Gasteiger charge is -2.39. The lowest BCUT2D eigenvalue weighted by molar-refractivity contribution is -0.929. The second-order valence-electron chi connectivity index (χ2n) is 13.9. The van der Waals surface area contributed by atoms with E-state index in [0.29, 0.717) is 19.3 Å². The van der Waals surface area contributed by atoms with Crippen LogP contribution >= 0.6 is 0 Å². The molecular formula is C38H74NO6+. The van der Waals surface area contributed by atoms with E-state index in [2.05, 4.69) is 6.92 Å². The molecule has 266 valence electrons. The van der Waals surface area contributed by atoms with Crippen molar-refractivity contribution in [2.75, 3.05) is 26.2 Å². The summed E-state index contributed by atoms with van der Waals surface area (Å²) in [6.45, 7) is 5.99. The van der Waals surface area contributed by atoms with Gasteiger partial charge >= 0.3 is 17.9 Å². The smallest absolute Gasteiger partial charge is 0.303 e. The highest BCUT2D eigenvalue weighted by molar-refractivity contribution is 5.67. The van der Waals surface area contributed by atoms with Gasteiger partial charge in [0.1, 0.15) is 0 Å². The van der Waals surface area contributed by atoms with E-state index in [1.165, 1.54) is 128 Å². The van der Waals surface area contributed by atoms with E-state index in [1.807, 2.05) is 0 Å². The van der Waals surface area contributed by atoms with Crippen molar-refractivity contribution in [3.8, 4) is 0 Å². The fourth-order valence-electron chi connectivity index (χ4n) is 6.72. The van der Waals surface area contributed by atoms with Crippen LogP contribution in [0.5, 0.6) is 0 Å². The summed E-state index contributed by atoms with van der Waals surface area (Å²) in [7, 11) is 0. The van der Waals surface area contributed by atoms with Crippen LogP contribution in [-0.2, 0) is 14.4 Å². The molecule has 3 N–H and O–H groups in total. The molecule has 0 aromatic heterocycles. The Labute approximate surface area is 277 Å². The van der Waals surface area contributed by atoms with E-state index in [0.717, 1.165) is 56.3 Å². The van der Waals surface area contributed by atoms with Crippen LogP contribution < -0.4 is 0 Å². The molecule has 0 saturated carbocycles. The molecule has 0 fully saturated rings. The molecule has 0 aromatic rings. The van der Waals surface area contributed by atoms with Gasteiger partial charge in [0.15, 0.2) is 0 Å². The lowest BCUT2D eigenvalue weighted by Crippen LogP contribution is -2.51. The Hall–Kier alpha value is -1.63. The van der Waals surface area contributed by atoms with Gasteiger partial charge in [-0.2, -0.15) is 0 Å². The van der Waals surface area contributed by atoms with Crippen LogP contribution in [0.4, 0.5) is 0 Å². The van der Waals surface area contributed by atoms with Crippen LogP contribution in [0.15, 0.2) is 0 Å². The van der Waals surface area contributed by atoms with Gasteiger partial charge in [-0.3, -0.25) is 14.4 Å². The molecule has 0 aliphatic heterocycles. The third kappa shape index (κ3) is 32.1. The zero-order chi connectivity index (χ0) is 33.3. The number of carboxylic acid groups (broad SMARTS) is 3. The molecule has 7 nitrogen and oxygen atoms in total. The number of aliphatic carboxylic acids is 3. The fraction of sp³-hybridized carbons (Fsp3) is 0.921. The number of unbranched alkanes of at least 4 members (excludes halogenated alkanes) is 23. The molecule has 0 aliphatic rings. The van der Waals surface area contributed by atoms with Crippen molar-refractivity contribution in [2.45, 2.75) is 200 Å². The van der Waals surface area contributed by atoms with Crippen molar-refractivity contribution < 1.29 is 34.2 Å². The predicted molar refractivity (Wildman–Crippen MR) is 187 cm³/mol. The van der Waals surface area contributed by atoms with Crippen molar-refractivity contribution in [3.05, 3.63) is 0 Å². The Morgan fingerprint density at radius 2 is 0.533 bits per heavy atom. The Bertz CT molecular complexity index is 643. The molecule has 0 radical (unpaired) electrons. The first-order valence-electron chi connectivity index (χ1n) is 19.3. The quantitative estimate of drug-likeness (QED) is 0.0460. The molecule has 0 unspecified atom stereocenters. The summed E-state index contributed by atoms with van der Waals surface area (Å²) < 4.78 is 0.873. The Kier molecular flexibility index (Phi) is 31.1. The van der Waals surface area contributed by atoms with Crippen LogP contribution in [0.2, 0.25) is 0 Å². The average molecular weight is 641 g/mol. The van der Waals surface area contributed by atoms with Crippen molar-refractivity contribution >= 4 is 17.9 Å². The molecule has 45 heavy (non-hydrogen) atoms. The van der Waals surface area contributed by atoms with E-state index < -0.39 is 17.9 Å². The Morgan fingerprint density at radius 1 is 0.333 bits per heavy atom. The summed E-state index contributed by atoms with van der Waals surface area (Å²) in [4.78, 5) is 33.1. The van der Waals surface area contributed by atoms with Gasteiger partial charge in [-0.1, -0.05) is 129 Å². The van der Waals surface area contributed by atoms with Gasteiger partial charge in [0, 0.05) is 19.3 Å². The maximum absolute atomic E-state index is 11.0. The van der Waals surface area contributed by atoms with Gasteiger partial charge in [0.05, 0.1) is 26.2 Å². The fourth-order valence-corrected chi connectivity index (χ4v) is 6.72. The van der Waals surface area contributed by atoms with E-state index in [-0.39, 0.29) is 19.3 Å². The van der Waals surface area contributed by atoms with E-state index in [4.69, 9.17) is 15.3 Å². The Morgan fingerprint density at radius 3 is 0.756 bits per heavy atom. The molecule has 7 heteroatoms. The van der Waals surface area contributed by atoms with Crippen molar-refractivity contribution in [1.29, 1.82) is 0 Å². The molecule has 0 bridgehead atoms. The molecule has 0 atom stereocenters. The Balaban J connectivity index is 4.15. The van der Waals surface area contributed by atoms with E-state index in [9.17, 15) is 14.4 Å². The third-order valence-electron chi connectivity index (χ3n) is 9.56. The third-order valence-corrected chi connectivity index (χ3v) is 9.56. The summed E-state index contributed by atoms with van der Waals surface area (Å²) in [5, 5.41) is 27.2. The maximum atomic E-state index is 11.0. The number of hydrogen-bond donors (Lipinski definition) is 3. The topological polar surface area (TPSA) is 112 Å². The van der Waals surface area contributed by atoms with E-state index >= 15 is 0 Å². The van der Waals surface area contributed by atoms with Gasteiger partial charge in [0.2, 0.25) is 0 Å². The average Bonchev–Trinajstić information content (AvgIpc) is 3.00. The minimum absolute atomic E-state index is 0.178. The largest absolute Gasteiger partial charge is 0.481 e. The molecule has 0 aliphatic carbocycles. The molecular weight excluding hydrogens is 566 g/mol. The normalized spacial score (nSPS) is 11.7. The number of carboxylic acids is 3. The first kappa shape index (κ1) is 43.4. The summed E-state index contributed by atoms with van der Waals surface area (Å²) in [6.07, 6.45) is 33.6. The van der Waals surface area contributed by atoms with Gasteiger partial charge in [-0.15, -0.1) is 0 Å². The molecule has 0 saturated heterocycles. The number of carbonyl (C=O) groups is 3. The van der Waals surface area contributed by atoms with E-state index in [1.54, 1.807) is 0 Å². The monoisotopic (exact) mass is 641 g/mol. The number of rotatable bonds is 37. The van der Waals surface area contributed by atoms with Gasteiger partial charge in [0.25, 0.3) is 0 Å². The predicted octanol–water partition coefficient (Wildman–Crippen LogP) is 10.8. The lowest BCUT2D eigenvalue weighted by atomic mass is 10.0. The van der Waals surface area contributed by atoms with Gasteiger partial charge in [-0.05, 0) is 51.4 Å². The molecule has 0 heterocycles. The highest BCUT2D eigenvalue weighted by Gasteiger charge is 2.26. The highest BCUT2D eigenvalue weighted by atomic mass is 16.4. The van der Waals surface area contributed by atoms with Gasteiger partial charge < -0.3 is 19.8 Å². The van der Waals surface area contributed by atoms with Crippen LogP contribution in [-0.4, -0.2) is 63.9 Å². The summed E-state index contributed by atoms with van der Waals surface area (Å²) in [5.41, 5.74) is 0. The number of nitrogens with zero attached hydrogens (tertiary/aromatic N) is 1. The van der Waals surface area contributed by atoms with Crippen LogP contribution in [0.25, 0.3) is 0 Å². The zero-order valence-corrected chi connectivity index (χ0v) is 29.6. The van der Waals surface area contributed by atoms with Crippen molar-refractivity contribution in [3.63, 3.8) is 0 Å². The zero-order valence-electron chi connectivity index (χ0n) is 29.6. The second kappa shape index (κ2) is 32.3. The van der Waals surface area contributed by atoms with Crippen LogP contribution in [0, 0.1) is 0 Å². The first-order chi connectivity index (χ1) is 21.8. The van der Waals surface area contributed by atoms with Gasteiger partial charge in [-0.25, -0.2) is 0 Å². The molecule has 0 amide bonds. The second-order valence-corrected chi connectivity index (χ2v) is 13.9. The molecule has 0 aromatic carbocycles. The van der Waals surface area contributed by atoms with Crippen molar-refractivity contribution in [2.24, 2.45) is 0 Å². The minimum atomic E-state index is -0.764. The summed E-state index contributed by atoms with van der Waals surface area (Å²) in [5.74, 6) is -2.29. The summed E-state index contributed by atoms with van der Waals surface area (Å²) >= 11 is 0. The van der Waals surface area contributed by atoms with Crippen LogP contribution in [0.1, 0.15) is 200 Å². The molecule has 0 spiro atoms. The first-order valence-corrected chi connectivity index (χ1v) is 19.3. The van der Waals surface area contributed by atoms with Crippen LogP contribution in [0.3, 0.4) is 0 Å². The molecule has 0 rings (SSSR count). The standard InChI is InChI=1S/C38H73NO6/c1-2-3-4-5-6-7-8-9-10-11-12-13-14-15-16-17-18-19-20-21-25-32-39(33-26-22-29-36(40)41,34-27-23-30-37(42)43)35-28-24-31-38(44)45/h2-35H2,1H3,(H2-,40,41,42,43,44,45)/p+1. The number of quaternary nitrogens is 1. The SMILES string of the molecule is CCCCCCCCCCCCCCCCCCCCCCC[N+](CCCCC(=O)O)(CCCCC(=O)O)CCCCC(=O)O. The summed E-state index contributed by atoms with van der Waals surface area (Å²) in [6, 6.07) is 0. The number of hydrogen-bond acceptors (Lipinski definition) is 3. The highest BCUT2D eigenvalue weighted by Crippen LogP contribution is 2.20. The minimum Gasteiger partial charge on any atom is -0.481 e. The van der Waals surface area contributed by atoms with Crippen molar-refractivity contribution in [1.82, 2.24) is 0 Å².